The van der Waals surface area contributed by atoms with Crippen LogP contribution >= 0.6 is 0 Å². The molecule has 0 N–H and O–H groups in total. The van der Waals surface area contributed by atoms with Gasteiger partial charge in [-0.15, -0.1) is 0 Å². The number of rotatable bonds is 5. The molecule has 0 aliphatic carbocycles. The van der Waals surface area contributed by atoms with Crippen LogP contribution in [0, 0.1) is 5.92 Å². The van der Waals surface area contributed by atoms with Crippen molar-refractivity contribution in [3.63, 3.8) is 0 Å². The Kier molecular flexibility index (Phi) is 5.69. The molecule has 0 aromatic rings. The highest BCUT2D eigenvalue weighted by Gasteiger charge is 2.17. The average Bonchev–Trinajstić information content (AvgIpc) is 2.29. The molecule has 0 saturated carbocycles. The number of carbonyl (C=O) groups is 1. The van der Waals surface area contributed by atoms with Crippen LogP contribution in [0.2, 0.25) is 0 Å². The second kappa shape index (κ2) is 6.83. The molecule has 3 nitrogen and oxygen atoms in total. The maximum absolute atomic E-state index is 10.9. The Bertz CT molecular complexity index is 186. The highest BCUT2D eigenvalue weighted by Crippen LogP contribution is 2.19. The van der Waals surface area contributed by atoms with Crippen LogP contribution in [0.4, 0.5) is 0 Å². The average molecular weight is 213 g/mol. The normalized spacial score (nSPS) is 19.1. The van der Waals surface area contributed by atoms with Crippen LogP contribution in [0.1, 0.15) is 39.0 Å². The number of hydrogen-bond donors (Lipinski definition) is 0. The molecule has 0 bridgehead atoms. The van der Waals surface area contributed by atoms with E-state index in [9.17, 15) is 4.79 Å². The lowest BCUT2D eigenvalue weighted by Gasteiger charge is -2.31. The highest BCUT2D eigenvalue weighted by atomic mass is 16.5. The molecule has 1 rings (SSSR count). The van der Waals surface area contributed by atoms with Crippen LogP contribution in [0.3, 0.4) is 0 Å². The van der Waals surface area contributed by atoms with E-state index in [0.717, 1.165) is 18.9 Å². The Morgan fingerprint density at radius 3 is 2.60 bits per heavy atom. The third-order valence-electron chi connectivity index (χ3n) is 3.37. The van der Waals surface area contributed by atoms with Crippen molar-refractivity contribution in [3.05, 3.63) is 0 Å². The summed E-state index contributed by atoms with van der Waals surface area (Å²) < 4.78 is 4.62. The van der Waals surface area contributed by atoms with Gasteiger partial charge in [-0.3, -0.25) is 4.79 Å². The van der Waals surface area contributed by atoms with Gasteiger partial charge in [0.1, 0.15) is 0 Å². The molecule has 0 unspecified atom stereocenters. The van der Waals surface area contributed by atoms with E-state index < -0.39 is 0 Å². The van der Waals surface area contributed by atoms with Crippen LogP contribution in [-0.4, -0.2) is 37.6 Å². The minimum absolute atomic E-state index is 0.0848. The molecular weight excluding hydrogens is 190 g/mol. The summed E-state index contributed by atoms with van der Waals surface area (Å²) in [6.07, 6.45) is 5.47. The molecule has 88 valence electrons. The summed E-state index contributed by atoms with van der Waals surface area (Å²) in [5.41, 5.74) is 0. The smallest absolute Gasteiger partial charge is 0.305 e. The Hall–Kier alpha value is -0.570. The number of piperidine rings is 1. The van der Waals surface area contributed by atoms with E-state index in [2.05, 4.69) is 16.6 Å². The van der Waals surface area contributed by atoms with Crippen LogP contribution in [-0.2, 0) is 9.53 Å². The second-order valence-electron chi connectivity index (χ2n) is 4.37. The van der Waals surface area contributed by atoms with Gasteiger partial charge in [0.25, 0.3) is 0 Å². The Labute approximate surface area is 92.8 Å². The molecule has 0 radical (unpaired) electrons. The van der Waals surface area contributed by atoms with E-state index in [0.29, 0.717) is 6.42 Å². The van der Waals surface area contributed by atoms with E-state index in [-0.39, 0.29) is 5.97 Å². The number of likely N-dealkylation sites (tertiary alicyclic amines) is 1. The summed E-state index contributed by atoms with van der Waals surface area (Å²) >= 11 is 0. The number of hydrogen-bond acceptors (Lipinski definition) is 3. The Morgan fingerprint density at radius 1 is 1.40 bits per heavy atom. The maximum Gasteiger partial charge on any atom is 0.305 e. The number of methoxy groups -OCH3 is 1. The molecule has 1 heterocycles. The zero-order valence-electron chi connectivity index (χ0n) is 10.00. The zero-order valence-corrected chi connectivity index (χ0v) is 10.00. The monoisotopic (exact) mass is 213 g/mol. The predicted octanol–water partition coefficient (Wildman–Crippen LogP) is 2.06. The van der Waals surface area contributed by atoms with Gasteiger partial charge in [0.2, 0.25) is 0 Å². The molecule has 0 amide bonds. The minimum Gasteiger partial charge on any atom is -0.469 e. The van der Waals surface area contributed by atoms with Gasteiger partial charge in [0.05, 0.1) is 7.11 Å². The maximum atomic E-state index is 10.9. The van der Waals surface area contributed by atoms with Crippen molar-refractivity contribution in [1.29, 1.82) is 0 Å². The van der Waals surface area contributed by atoms with E-state index in [1.54, 1.807) is 0 Å². The van der Waals surface area contributed by atoms with Gasteiger partial charge in [0.15, 0.2) is 0 Å². The zero-order chi connectivity index (χ0) is 11.1. The molecule has 15 heavy (non-hydrogen) atoms. The third kappa shape index (κ3) is 4.65. The molecule has 1 fully saturated rings. The molecule has 1 saturated heterocycles. The molecule has 1 aliphatic heterocycles. The number of ether oxygens (including phenoxy) is 1. The van der Waals surface area contributed by atoms with Crippen molar-refractivity contribution < 1.29 is 9.53 Å². The van der Waals surface area contributed by atoms with E-state index in [1.807, 2.05) is 0 Å². The van der Waals surface area contributed by atoms with Crippen molar-refractivity contribution in [1.82, 2.24) is 4.90 Å². The van der Waals surface area contributed by atoms with Crippen molar-refractivity contribution in [2.45, 2.75) is 39.0 Å². The molecule has 0 spiro atoms. The summed E-state index contributed by atoms with van der Waals surface area (Å²) in [5.74, 6) is 0.848. The van der Waals surface area contributed by atoms with Crippen molar-refractivity contribution >= 4 is 5.97 Å². The van der Waals surface area contributed by atoms with E-state index >= 15 is 0 Å². The second-order valence-corrected chi connectivity index (χ2v) is 4.37. The van der Waals surface area contributed by atoms with Gasteiger partial charge in [-0.2, -0.15) is 0 Å². The number of carbonyl (C=O) groups excluding carboxylic acids is 1. The highest BCUT2D eigenvalue weighted by molar-refractivity contribution is 5.69. The molecule has 0 aromatic heterocycles. The van der Waals surface area contributed by atoms with Crippen molar-refractivity contribution in [2.24, 2.45) is 5.92 Å². The van der Waals surface area contributed by atoms with Gasteiger partial charge in [0, 0.05) is 6.42 Å². The first kappa shape index (κ1) is 12.5. The van der Waals surface area contributed by atoms with Gasteiger partial charge in [-0.25, -0.2) is 0 Å². The third-order valence-corrected chi connectivity index (χ3v) is 3.37. The summed E-state index contributed by atoms with van der Waals surface area (Å²) in [4.78, 5) is 13.4. The van der Waals surface area contributed by atoms with Gasteiger partial charge in [-0.05, 0) is 44.8 Å². The fourth-order valence-electron chi connectivity index (χ4n) is 2.17. The fourth-order valence-corrected chi connectivity index (χ4v) is 2.17. The topological polar surface area (TPSA) is 29.5 Å². The molecule has 0 aromatic carbocycles. The van der Waals surface area contributed by atoms with Gasteiger partial charge < -0.3 is 9.64 Å². The van der Waals surface area contributed by atoms with Gasteiger partial charge >= 0.3 is 5.97 Å². The first-order chi connectivity index (χ1) is 7.26. The first-order valence-corrected chi connectivity index (χ1v) is 6.05. The van der Waals surface area contributed by atoms with E-state index in [1.165, 1.54) is 39.5 Å². The minimum atomic E-state index is -0.0848. The summed E-state index contributed by atoms with van der Waals surface area (Å²) in [6.45, 7) is 5.74. The summed E-state index contributed by atoms with van der Waals surface area (Å²) in [7, 11) is 1.45. The number of esters is 1. The molecule has 1 aliphatic rings. The van der Waals surface area contributed by atoms with Crippen molar-refractivity contribution in [2.75, 3.05) is 26.7 Å². The molecule has 3 heteroatoms. The van der Waals surface area contributed by atoms with Crippen LogP contribution in [0.25, 0.3) is 0 Å². The quantitative estimate of drug-likeness (QED) is 0.655. The van der Waals surface area contributed by atoms with Gasteiger partial charge in [-0.1, -0.05) is 13.3 Å². The van der Waals surface area contributed by atoms with Crippen LogP contribution in [0.5, 0.6) is 0 Å². The Balaban J connectivity index is 2.06. The lowest BCUT2D eigenvalue weighted by molar-refractivity contribution is -0.140. The van der Waals surface area contributed by atoms with Crippen LogP contribution < -0.4 is 0 Å². The SMILES string of the molecule is CCC1CCN(CCCC(=O)OC)CC1. The van der Waals surface area contributed by atoms with Crippen LogP contribution in [0.15, 0.2) is 0 Å². The predicted molar refractivity (Wildman–Crippen MR) is 60.7 cm³/mol. The standard InChI is InChI=1S/C12H23NO2/c1-3-11-6-9-13(10-7-11)8-4-5-12(14)15-2/h11H,3-10H2,1-2H3. The largest absolute Gasteiger partial charge is 0.469 e. The van der Waals surface area contributed by atoms with E-state index in [4.69, 9.17) is 0 Å². The number of nitrogens with zero attached hydrogens (tertiary/aromatic N) is 1. The first-order valence-electron chi connectivity index (χ1n) is 6.05. The lowest BCUT2D eigenvalue weighted by Crippen LogP contribution is -2.34. The van der Waals surface area contributed by atoms with Crippen molar-refractivity contribution in [3.8, 4) is 0 Å². The molecular formula is C12H23NO2. The molecule has 0 atom stereocenters. The summed E-state index contributed by atoms with van der Waals surface area (Å²) in [6, 6.07) is 0. The Morgan fingerprint density at radius 2 is 2.07 bits per heavy atom. The summed E-state index contributed by atoms with van der Waals surface area (Å²) in [5, 5.41) is 0. The lowest BCUT2D eigenvalue weighted by atomic mass is 9.94. The fraction of sp³-hybridized carbons (Fsp3) is 0.917.